The molecule has 2 fully saturated rings. The van der Waals surface area contributed by atoms with Crippen LogP contribution in [0.1, 0.15) is 31.2 Å². The Hall–Kier alpha value is -1.22. The number of anilines is 1. The van der Waals surface area contributed by atoms with Crippen molar-refractivity contribution in [1.29, 1.82) is 0 Å². The van der Waals surface area contributed by atoms with Gasteiger partial charge in [0, 0.05) is 23.8 Å². The number of benzene rings is 1. The summed E-state index contributed by atoms with van der Waals surface area (Å²) in [6.45, 7) is 0. The third-order valence-electron chi connectivity index (χ3n) is 5.06. The summed E-state index contributed by atoms with van der Waals surface area (Å²) in [5.41, 5.74) is 8.30. The maximum atomic E-state index is 6.14. The molecular formula is C16H24N2O. The lowest BCUT2D eigenvalue weighted by Gasteiger charge is -2.36. The molecule has 2 aliphatic heterocycles. The van der Waals surface area contributed by atoms with Gasteiger partial charge in [0.1, 0.15) is 5.75 Å². The van der Waals surface area contributed by atoms with Crippen molar-refractivity contribution in [3.8, 4) is 5.75 Å². The fourth-order valence-corrected chi connectivity index (χ4v) is 3.89. The van der Waals surface area contributed by atoms with E-state index in [-0.39, 0.29) is 0 Å². The van der Waals surface area contributed by atoms with Crippen LogP contribution in [0.3, 0.4) is 0 Å². The molecule has 0 radical (unpaired) electrons. The molecule has 2 aliphatic rings. The van der Waals surface area contributed by atoms with E-state index in [2.05, 4.69) is 18.0 Å². The fourth-order valence-electron chi connectivity index (χ4n) is 3.89. The van der Waals surface area contributed by atoms with Crippen molar-refractivity contribution in [1.82, 2.24) is 4.90 Å². The van der Waals surface area contributed by atoms with Gasteiger partial charge in [-0.05, 0) is 56.7 Å². The number of nitrogen functional groups attached to an aromatic ring is 1. The van der Waals surface area contributed by atoms with Crippen LogP contribution in [-0.4, -0.2) is 31.1 Å². The Morgan fingerprint density at radius 3 is 2.53 bits per heavy atom. The number of rotatable bonds is 3. The number of nitrogens with zero attached hydrogens (tertiary/aromatic N) is 1. The van der Waals surface area contributed by atoms with Gasteiger partial charge in [0.15, 0.2) is 0 Å². The number of hydrogen-bond acceptors (Lipinski definition) is 3. The Labute approximate surface area is 115 Å². The first-order valence-corrected chi connectivity index (χ1v) is 7.31. The van der Waals surface area contributed by atoms with Gasteiger partial charge in [-0.25, -0.2) is 0 Å². The van der Waals surface area contributed by atoms with Crippen LogP contribution >= 0.6 is 0 Å². The molecular weight excluding hydrogens is 236 g/mol. The molecule has 2 N–H and O–H groups in total. The average molecular weight is 260 g/mol. The molecule has 0 spiro atoms. The van der Waals surface area contributed by atoms with Crippen LogP contribution in [0.4, 0.5) is 5.69 Å². The summed E-state index contributed by atoms with van der Waals surface area (Å²) < 4.78 is 5.21. The zero-order valence-corrected chi connectivity index (χ0v) is 11.9. The van der Waals surface area contributed by atoms with Gasteiger partial charge < -0.3 is 15.4 Å². The molecule has 3 nitrogen and oxygen atoms in total. The van der Waals surface area contributed by atoms with Crippen LogP contribution < -0.4 is 10.5 Å². The standard InChI is InChI=1S/C16H24N2O/c1-18-13-4-5-14(18)9-11(8-13)7-12-3-6-15(19-2)10-16(12)17/h3,6,10-11,13-14H,4-5,7-9,17H2,1-2H3/t11?,13-,14+. The second kappa shape index (κ2) is 5.04. The normalized spacial score (nSPS) is 30.5. The molecule has 2 heterocycles. The first-order valence-electron chi connectivity index (χ1n) is 7.31. The minimum Gasteiger partial charge on any atom is -0.497 e. The van der Waals surface area contributed by atoms with E-state index in [1.807, 2.05) is 12.1 Å². The first kappa shape index (κ1) is 12.8. The van der Waals surface area contributed by atoms with E-state index < -0.39 is 0 Å². The number of ether oxygens (including phenoxy) is 1. The van der Waals surface area contributed by atoms with Gasteiger partial charge in [0.2, 0.25) is 0 Å². The molecule has 2 saturated heterocycles. The Morgan fingerprint density at radius 1 is 1.26 bits per heavy atom. The molecule has 0 aliphatic carbocycles. The van der Waals surface area contributed by atoms with Crippen molar-refractivity contribution in [2.45, 2.75) is 44.2 Å². The summed E-state index contributed by atoms with van der Waals surface area (Å²) in [6.07, 6.45) is 6.55. The highest BCUT2D eigenvalue weighted by Crippen LogP contribution is 2.39. The highest BCUT2D eigenvalue weighted by atomic mass is 16.5. The van der Waals surface area contributed by atoms with E-state index in [1.54, 1.807) is 7.11 Å². The molecule has 1 aromatic rings. The summed E-state index contributed by atoms with van der Waals surface area (Å²) in [6, 6.07) is 7.72. The van der Waals surface area contributed by atoms with E-state index in [0.29, 0.717) is 0 Å². The highest BCUT2D eigenvalue weighted by Gasteiger charge is 2.38. The molecule has 0 saturated carbocycles. The SMILES string of the molecule is COc1ccc(CC2C[C@H]3CC[C@@H](C2)N3C)c(N)c1. The maximum Gasteiger partial charge on any atom is 0.120 e. The van der Waals surface area contributed by atoms with Gasteiger partial charge >= 0.3 is 0 Å². The van der Waals surface area contributed by atoms with E-state index >= 15 is 0 Å². The van der Waals surface area contributed by atoms with Gasteiger partial charge in [0.25, 0.3) is 0 Å². The number of piperidine rings is 1. The molecule has 3 atom stereocenters. The Balaban J connectivity index is 1.69. The van der Waals surface area contributed by atoms with E-state index in [0.717, 1.165) is 35.9 Å². The zero-order chi connectivity index (χ0) is 13.4. The zero-order valence-electron chi connectivity index (χ0n) is 11.9. The minimum absolute atomic E-state index is 0.796. The predicted molar refractivity (Wildman–Crippen MR) is 78.4 cm³/mol. The van der Waals surface area contributed by atoms with Crippen molar-refractivity contribution in [2.75, 3.05) is 19.9 Å². The third kappa shape index (κ3) is 2.44. The van der Waals surface area contributed by atoms with Crippen molar-refractivity contribution < 1.29 is 4.74 Å². The van der Waals surface area contributed by atoms with Gasteiger partial charge in [-0.3, -0.25) is 0 Å². The lowest BCUT2D eigenvalue weighted by Crippen LogP contribution is -2.40. The van der Waals surface area contributed by atoms with Crippen LogP contribution in [-0.2, 0) is 6.42 Å². The van der Waals surface area contributed by atoms with Gasteiger partial charge in [0.05, 0.1) is 7.11 Å². The van der Waals surface area contributed by atoms with Crippen LogP contribution in [0.15, 0.2) is 18.2 Å². The van der Waals surface area contributed by atoms with Crippen molar-refractivity contribution in [3.63, 3.8) is 0 Å². The molecule has 19 heavy (non-hydrogen) atoms. The number of nitrogens with two attached hydrogens (primary N) is 1. The average Bonchev–Trinajstić information content (AvgIpc) is 2.64. The largest absolute Gasteiger partial charge is 0.497 e. The Kier molecular flexibility index (Phi) is 3.40. The maximum absolute atomic E-state index is 6.14. The second-order valence-corrected chi connectivity index (χ2v) is 6.16. The van der Waals surface area contributed by atoms with E-state index in [1.165, 1.54) is 31.2 Å². The lowest BCUT2D eigenvalue weighted by atomic mass is 9.85. The summed E-state index contributed by atoms with van der Waals surface area (Å²) >= 11 is 0. The van der Waals surface area contributed by atoms with Gasteiger partial charge in [-0.1, -0.05) is 6.07 Å². The molecule has 3 heteroatoms. The van der Waals surface area contributed by atoms with Crippen LogP contribution in [0.5, 0.6) is 5.75 Å². The minimum atomic E-state index is 0.796. The summed E-state index contributed by atoms with van der Waals surface area (Å²) in [4.78, 5) is 2.59. The highest BCUT2D eigenvalue weighted by molar-refractivity contribution is 5.51. The van der Waals surface area contributed by atoms with Crippen molar-refractivity contribution in [3.05, 3.63) is 23.8 Å². The van der Waals surface area contributed by atoms with Gasteiger partial charge in [-0.15, -0.1) is 0 Å². The number of methoxy groups -OCH3 is 1. The quantitative estimate of drug-likeness (QED) is 0.849. The molecule has 3 rings (SSSR count). The predicted octanol–water partition coefficient (Wildman–Crippen LogP) is 2.69. The molecule has 104 valence electrons. The Bertz CT molecular complexity index is 446. The number of hydrogen-bond donors (Lipinski definition) is 1. The summed E-state index contributed by atoms with van der Waals surface area (Å²) in [5.74, 6) is 1.65. The topological polar surface area (TPSA) is 38.5 Å². The molecule has 1 unspecified atom stereocenters. The monoisotopic (exact) mass is 260 g/mol. The molecule has 1 aromatic carbocycles. The lowest BCUT2D eigenvalue weighted by molar-refractivity contribution is 0.134. The fraction of sp³-hybridized carbons (Fsp3) is 0.625. The smallest absolute Gasteiger partial charge is 0.120 e. The molecule has 0 amide bonds. The second-order valence-electron chi connectivity index (χ2n) is 6.16. The molecule has 0 aromatic heterocycles. The van der Waals surface area contributed by atoms with Crippen LogP contribution in [0.2, 0.25) is 0 Å². The summed E-state index contributed by atoms with van der Waals surface area (Å²) in [5, 5.41) is 0. The summed E-state index contributed by atoms with van der Waals surface area (Å²) in [7, 11) is 3.98. The number of fused-ring (bicyclic) bond motifs is 2. The molecule has 2 bridgehead atoms. The van der Waals surface area contributed by atoms with Crippen molar-refractivity contribution in [2.24, 2.45) is 5.92 Å². The first-order chi connectivity index (χ1) is 9.17. The van der Waals surface area contributed by atoms with Crippen LogP contribution in [0, 0.1) is 5.92 Å². The van der Waals surface area contributed by atoms with Crippen LogP contribution in [0.25, 0.3) is 0 Å². The Morgan fingerprint density at radius 2 is 1.95 bits per heavy atom. The van der Waals surface area contributed by atoms with Gasteiger partial charge in [-0.2, -0.15) is 0 Å². The van der Waals surface area contributed by atoms with E-state index in [9.17, 15) is 0 Å². The third-order valence-corrected chi connectivity index (χ3v) is 5.06. The van der Waals surface area contributed by atoms with E-state index in [4.69, 9.17) is 10.5 Å². The van der Waals surface area contributed by atoms with Crippen molar-refractivity contribution >= 4 is 5.69 Å².